The Morgan fingerprint density at radius 2 is 0.710 bits per heavy atom. The Balaban J connectivity index is 0.956. The molecule has 290 valence electrons. The standard InChI is InChI=1S/C61H41N/c1-3-13-42(14-4-1)43-29-35-52(36-30-43)62(54-39-33-46(34-40-54)56-24-10-16-45-15-7-8-23-55(45)56)53-37-31-44(32-38-53)49-19-9-22-51(41-49)61(50-20-5-2-6-21-50)57-25-11-17-47-27-28-48-18-12-26-58(61)60(48)59(47)57/h1-41H. The Bertz CT molecular complexity index is 3350. The zero-order valence-corrected chi connectivity index (χ0v) is 34.1. The fraction of sp³-hybridized carbons (Fsp3) is 0.0164. The van der Waals surface area contributed by atoms with Crippen LogP contribution in [-0.2, 0) is 5.41 Å². The van der Waals surface area contributed by atoms with Gasteiger partial charge < -0.3 is 4.90 Å². The highest BCUT2D eigenvalue weighted by Crippen LogP contribution is 2.56. The van der Waals surface area contributed by atoms with Crippen LogP contribution in [0.4, 0.5) is 17.1 Å². The van der Waals surface area contributed by atoms with E-state index in [0.29, 0.717) is 0 Å². The minimum Gasteiger partial charge on any atom is -0.311 e. The number of hydrogen-bond donors (Lipinski definition) is 0. The molecular weight excluding hydrogens is 747 g/mol. The van der Waals surface area contributed by atoms with E-state index < -0.39 is 5.41 Å². The largest absolute Gasteiger partial charge is 0.311 e. The van der Waals surface area contributed by atoms with Crippen LogP contribution in [-0.4, -0.2) is 0 Å². The molecule has 0 spiro atoms. The van der Waals surface area contributed by atoms with Crippen LogP contribution >= 0.6 is 0 Å². The molecule has 1 heteroatoms. The molecule has 1 aliphatic carbocycles. The van der Waals surface area contributed by atoms with E-state index in [0.717, 1.165) is 17.1 Å². The monoisotopic (exact) mass is 787 g/mol. The summed E-state index contributed by atoms with van der Waals surface area (Å²) in [6, 6.07) is 91.4. The highest BCUT2D eigenvalue weighted by Gasteiger charge is 2.44. The van der Waals surface area contributed by atoms with Gasteiger partial charge in [-0.2, -0.15) is 0 Å². The van der Waals surface area contributed by atoms with E-state index in [1.54, 1.807) is 0 Å². The fourth-order valence-electron chi connectivity index (χ4n) is 10.3. The Hall–Kier alpha value is -8.00. The van der Waals surface area contributed by atoms with Crippen molar-refractivity contribution >= 4 is 49.4 Å². The average Bonchev–Trinajstić information content (AvgIpc) is 3.67. The summed E-state index contributed by atoms with van der Waals surface area (Å²) in [7, 11) is 0. The van der Waals surface area contributed by atoms with Crippen LogP contribution in [0.2, 0.25) is 0 Å². The summed E-state index contributed by atoms with van der Waals surface area (Å²) in [5, 5.41) is 7.81. The maximum atomic E-state index is 2.43. The molecule has 1 nitrogen and oxygen atoms in total. The summed E-state index contributed by atoms with van der Waals surface area (Å²) in [6.45, 7) is 0. The molecule has 62 heavy (non-hydrogen) atoms. The van der Waals surface area contributed by atoms with Crippen molar-refractivity contribution in [2.75, 3.05) is 4.90 Å². The molecule has 0 unspecified atom stereocenters. The lowest BCUT2D eigenvalue weighted by atomic mass is 9.67. The molecule has 0 radical (unpaired) electrons. The van der Waals surface area contributed by atoms with Gasteiger partial charge in [-0.3, -0.25) is 0 Å². The molecule has 0 heterocycles. The third kappa shape index (κ3) is 5.70. The van der Waals surface area contributed by atoms with Gasteiger partial charge in [-0.25, -0.2) is 0 Å². The predicted octanol–water partition coefficient (Wildman–Crippen LogP) is 16.3. The predicted molar refractivity (Wildman–Crippen MR) is 262 cm³/mol. The summed E-state index contributed by atoms with van der Waals surface area (Å²) in [5.74, 6) is 0. The van der Waals surface area contributed by atoms with Crippen molar-refractivity contribution in [1.29, 1.82) is 0 Å². The first-order valence-corrected chi connectivity index (χ1v) is 21.5. The number of nitrogens with zero attached hydrogens (tertiary/aromatic N) is 1. The highest BCUT2D eigenvalue weighted by atomic mass is 15.1. The molecule has 0 saturated heterocycles. The molecule has 0 atom stereocenters. The van der Waals surface area contributed by atoms with Gasteiger partial charge in [0.15, 0.2) is 0 Å². The molecular formula is C61H41N. The Morgan fingerprint density at radius 1 is 0.274 bits per heavy atom. The maximum Gasteiger partial charge on any atom is 0.0714 e. The first-order valence-electron chi connectivity index (χ1n) is 21.5. The van der Waals surface area contributed by atoms with Gasteiger partial charge in [0, 0.05) is 17.1 Å². The zero-order valence-electron chi connectivity index (χ0n) is 34.1. The van der Waals surface area contributed by atoms with Gasteiger partial charge in [0.05, 0.1) is 5.41 Å². The van der Waals surface area contributed by atoms with Gasteiger partial charge in [0.1, 0.15) is 0 Å². The molecule has 0 saturated carbocycles. The smallest absolute Gasteiger partial charge is 0.0714 e. The minimum atomic E-state index is -0.458. The lowest BCUT2D eigenvalue weighted by Gasteiger charge is -2.34. The van der Waals surface area contributed by atoms with Gasteiger partial charge in [-0.05, 0) is 130 Å². The van der Waals surface area contributed by atoms with Crippen LogP contribution in [0.3, 0.4) is 0 Å². The van der Waals surface area contributed by atoms with Crippen molar-refractivity contribution < 1.29 is 0 Å². The second-order valence-electron chi connectivity index (χ2n) is 16.4. The van der Waals surface area contributed by atoms with Crippen molar-refractivity contribution in [1.82, 2.24) is 0 Å². The first kappa shape index (κ1) is 35.9. The molecule has 1 aliphatic rings. The summed E-state index contributed by atoms with van der Waals surface area (Å²) >= 11 is 0. The van der Waals surface area contributed by atoms with Crippen LogP contribution in [0.5, 0.6) is 0 Å². The van der Waals surface area contributed by atoms with E-state index in [-0.39, 0.29) is 0 Å². The number of hydrogen-bond acceptors (Lipinski definition) is 1. The molecule has 11 aromatic carbocycles. The molecule has 0 aromatic heterocycles. The van der Waals surface area contributed by atoms with Crippen LogP contribution < -0.4 is 4.90 Å². The Labute approximate surface area is 362 Å². The lowest BCUT2D eigenvalue weighted by Crippen LogP contribution is -2.28. The second kappa shape index (κ2) is 14.6. The Kier molecular flexibility index (Phi) is 8.47. The molecule has 0 N–H and O–H groups in total. The van der Waals surface area contributed by atoms with Crippen molar-refractivity contribution in [3.63, 3.8) is 0 Å². The molecule has 12 rings (SSSR count). The van der Waals surface area contributed by atoms with Crippen molar-refractivity contribution in [3.05, 3.63) is 271 Å². The number of rotatable bonds is 8. The third-order valence-electron chi connectivity index (χ3n) is 13.1. The van der Waals surface area contributed by atoms with Crippen molar-refractivity contribution in [2.24, 2.45) is 0 Å². The van der Waals surface area contributed by atoms with E-state index in [4.69, 9.17) is 0 Å². The lowest BCUT2D eigenvalue weighted by molar-refractivity contribution is 0.772. The van der Waals surface area contributed by atoms with E-state index in [9.17, 15) is 0 Å². The molecule has 0 bridgehead atoms. The van der Waals surface area contributed by atoms with E-state index >= 15 is 0 Å². The van der Waals surface area contributed by atoms with E-state index in [2.05, 4.69) is 254 Å². The number of fused-ring (bicyclic) bond motifs is 1. The average molecular weight is 788 g/mol. The van der Waals surface area contributed by atoms with Gasteiger partial charge >= 0.3 is 0 Å². The normalized spacial score (nSPS) is 12.6. The summed E-state index contributed by atoms with van der Waals surface area (Å²) in [5.41, 5.74) is 15.3. The van der Waals surface area contributed by atoms with Crippen LogP contribution in [0.15, 0.2) is 249 Å². The minimum absolute atomic E-state index is 0.458. The highest BCUT2D eigenvalue weighted by molar-refractivity contribution is 6.16. The Morgan fingerprint density at radius 3 is 1.34 bits per heavy atom. The van der Waals surface area contributed by atoms with Crippen molar-refractivity contribution in [2.45, 2.75) is 5.41 Å². The topological polar surface area (TPSA) is 3.24 Å². The first-order chi connectivity index (χ1) is 30.7. The zero-order chi connectivity index (χ0) is 41.0. The maximum absolute atomic E-state index is 2.43. The van der Waals surface area contributed by atoms with Crippen molar-refractivity contribution in [3.8, 4) is 33.4 Å². The number of benzene rings is 11. The second-order valence-corrected chi connectivity index (χ2v) is 16.4. The fourth-order valence-corrected chi connectivity index (χ4v) is 10.3. The molecule has 11 aromatic rings. The summed E-state index contributed by atoms with van der Waals surface area (Å²) < 4.78 is 0. The van der Waals surface area contributed by atoms with Gasteiger partial charge in [0.2, 0.25) is 0 Å². The van der Waals surface area contributed by atoms with Crippen LogP contribution in [0.25, 0.3) is 65.7 Å². The van der Waals surface area contributed by atoms with Crippen LogP contribution in [0.1, 0.15) is 22.3 Å². The summed E-state index contributed by atoms with van der Waals surface area (Å²) in [6.07, 6.45) is 0. The molecule has 0 fully saturated rings. The third-order valence-corrected chi connectivity index (χ3v) is 13.1. The van der Waals surface area contributed by atoms with E-state index in [1.807, 2.05) is 0 Å². The van der Waals surface area contributed by atoms with E-state index in [1.165, 1.54) is 88.0 Å². The van der Waals surface area contributed by atoms with Crippen LogP contribution in [0, 0.1) is 0 Å². The SMILES string of the molecule is c1ccc(-c2ccc(N(c3ccc(-c4cccc(C5(c6ccccc6)c6cccc7ccc8cccc5c8c67)c4)cc3)c3ccc(-c4cccc5ccccc45)cc3)cc2)cc1. The van der Waals surface area contributed by atoms with Gasteiger partial charge in [-0.1, -0.05) is 206 Å². The molecule has 0 aliphatic heterocycles. The van der Waals surface area contributed by atoms with Gasteiger partial charge in [0.25, 0.3) is 0 Å². The van der Waals surface area contributed by atoms with Gasteiger partial charge in [-0.15, -0.1) is 0 Å². The quantitative estimate of drug-likeness (QED) is 0.139. The molecule has 0 amide bonds. The summed E-state index contributed by atoms with van der Waals surface area (Å²) in [4.78, 5) is 2.36. The number of anilines is 3.